The second-order valence-corrected chi connectivity index (χ2v) is 8.45. The fourth-order valence-corrected chi connectivity index (χ4v) is 4.03. The van der Waals surface area contributed by atoms with Crippen molar-refractivity contribution in [3.63, 3.8) is 0 Å². The van der Waals surface area contributed by atoms with Gasteiger partial charge in [-0.2, -0.15) is 0 Å². The molecule has 0 saturated carbocycles. The largest absolute Gasteiger partial charge is 0.326 e. The minimum Gasteiger partial charge on any atom is -0.326 e. The van der Waals surface area contributed by atoms with E-state index in [1.165, 1.54) is 23.5 Å². The van der Waals surface area contributed by atoms with Gasteiger partial charge in [-0.1, -0.05) is 51.0 Å². The topological polar surface area (TPSA) is 66.5 Å². The predicted octanol–water partition coefficient (Wildman–Crippen LogP) is 4.28. The summed E-state index contributed by atoms with van der Waals surface area (Å²) in [5, 5.41) is 2.80. The first-order valence-corrected chi connectivity index (χ1v) is 10.2. The van der Waals surface area contributed by atoms with Crippen molar-refractivity contribution in [3.8, 4) is 0 Å². The fourth-order valence-electron chi connectivity index (χ4n) is 2.79. The van der Waals surface area contributed by atoms with Crippen molar-refractivity contribution in [2.75, 3.05) is 16.7 Å². The molecule has 2 aromatic carbocycles. The Labute approximate surface area is 156 Å². The average Bonchev–Trinajstić information content (AvgIpc) is 2.62. The molecule has 140 valence electrons. The molecule has 0 aliphatic heterocycles. The summed E-state index contributed by atoms with van der Waals surface area (Å²) in [5.74, 6) is 0.202. The van der Waals surface area contributed by atoms with E-state index in [9.17, 15) is 13.2 Å². The summed E-state index contributed by atoms with van der Waals surface area (Å²) >= 11 is 0. The quantitative estimate of drug-likeness (QED) is 0.750. The Hall–Kier alpha value is -2.34. The normalized spacial score (nSPS) is 12.4. The molecule has 5 nitrogen and oxygen atoms in total. The number of hydrogen-bond donors (Lipinski definition) is 1. The van der Waals surface area contributed by atoms with E-state index in [1.54, 1.807) is 36.4 Å². The molecule has 0 aromatic heterocycles. The van der Waals surface area contributed by atoms with E-state index in [0.717, 1.165) is 12.8 Å². The van der Waals surface area contributed by atoms with E-state index in [-0.39, 0.29) is 10.8 Å². The maximum atomic E-state index is 12.8. The number of sulfonamides is 1. The van der Waals surface area contributed by atoms with Crippen LogP contribution >= 0.6 is 0 Å². The molecule has 0 heterocycles. The van der Waals surface area contributed by atoms with Gasteiger partial charge in [0.25, 0.3) is 10.0 Å². The zero-order valence-corrected chi connectivity index (χ0v) is 16.3. The monoisotopic (exact) mass is 374 g/mol. The molecule has 0 aliphatic rings. The maximum Gasteiger partial charge on any atom is 0.264 e. The third kappa shape index (κ3) is 5.08. The molecule has 1 atom stereocenters. The highest BCUT2D eigenvalue weighted by Gasteiger charge is 2.21. The summed E-state index contributed by atoms with van der Waals surface area (Å²) < 4.78 is 26.9. The minimum absolute atomic E-state index is 0.100. The van der Waals surface area contributed by atoms with Crippen LogP contribution in [-0.2, 0) is 14.8 Å². The Morgan fingerprint density at radius 1 is 1.12 bits per heavy atom. The van der Waals surface area contributed by atoms with Crippen molar-refractivity contribution in [2.24, 2.45) is 5.92 Å². The van der Waals surface area contributed by atoms with E-state index in [0.29, 0.717) is 23.7 Å². The van der Waals surface area contributed by atoms with Crippen molar-refractivity contribution in [2.45, 2.75) is 38.0 Å². The maximum absolute atomic E-state index is 12.8. The predicted molar refractivity (Wildman–Crippen MR) is 106 cm³/mol. The number of amides is 1. The molecule has 0 fully saturated rings. The van der Waals surface area contributed by atoms with Crippen LogP contribution < -0.4 is 9.62 Å². The summed E-state index contributed by atoms with van der Waals surface area (Å²) in [5.41, 5.74) is 1.07. The highest BCUT2D eigenvalue weighted by atomic mass is 32.2. The first-order chi connectivity index (χ1) is 12.3. The number of para-hydroxylation sites is 1. The van der Waals surface area contributed by atoms with Gasteiger partial charge in [-0.15, -0.1) is 0 Å². The molecule has 2 aromatic rings. The number of carbonyl (C=O) groups excluding carboxylic acids is 1. The number of nitrogens with one attached hydrogen (secondary N) is 1. The second kappa shape index (κ2) is 8.85. The van der Waals surface area contributed by atoms with E-state index in [4.69, 9.17) is 0 Å². The molecule has 0 aliphatic carbocycles. The molecule has 0 spiro atoms. The zero-order chi connectivity index (χ0) is 19.2. The summed E-state index contributed by atoms with van der Waals surface area (Å²) in [6.07, 6.45) is 2.45. The molecule has 0 saturated heterocycles. The van der Waals surface area contributed by atoms with Crippen LogP contribution in [0, 0.1) is 5.92 Å². The van der Waals surface area contributed by atoms with Gasteiger partial charge in [-0.3, -0.25) is 9.10 Å². The van der Waals surface area contributed by atoms with Crippen LogP contribution in [0.5, 0.6) is 0 Å². The molecular weight excluding hydrogens is 348 g/mol. The number of carbonyl (C=O) groups is 1. The van der Waals surface area contributed by atoms with Crippen LogP contribution in [0.25, 0.3) is 0 Å². The number of rotatable bonds is 8. The van der Waals surface area contributed by atoms with Gasteiger partial charge in [-0.25, -0.2) is 8.42 Å². The highest BCUT2D eigenvalue weighted by molar-refractivity contribution is 7.92. The van der Waals surface area contributed by atoms with Crippen LogP contribution in [0.4, 0.5) is 11.4 Å². The molecule has 0 bridgehead atoms. The first kappa shape index (κ1) is 20.0. The van der Waals surface area contributed by atoms with Gasteiger partial charge in [-0.05, 0) is 36.2 Å². The molecule has 0 radical (unpaired) electrons. The van der Waals surface area contributed by atoms with Gasteiger partial charge in [0.15, 0.2) is 0 Å². The summed E-state index contributed by atoms with van der Waals surface area (Å²) in [7, 11) is -2.18. The molecule has 26 heavy (non-hydrogen) atoms. The lowest BCUT2D eigenvalue weighted by atomic mass is 10.0. The zero-order valence-electron chi connectivity index (χ0n) is 15.5. The third-order valence-corrected chi connectivity index (χ3v) is 5.99. The number of benzene rings is 2. The molecule has 1 unspecified atom stereocenters. The van der Waals surface area contributed by atoms with Gasteiger partial charge in [0.05, 0.1) is 10.6 Å². The number of hydrogen-bond acceptors (Lipinski definition) is 3. The van der Waals surface area contributed by atoms with Crippen LogP contribution in [0.1, 0.15) is 33.1 Å². The van der Waals surface area contributed by atoms with Crippen molar-refractivity contribution < 1.29 is 13.2 Å². The molecule has 1 N–H and O–H groups in total. The van der Waals surface area contributed by atoms with Crippen LogP contribution in [0.15, 0.2) is 59.5 Å². The Balaban J connectivity index is 2.16. The molecule has 6 heteroatoms. The summed E-state index contributed by atoms with van der Waals surface area (Å²) in [6.45, 7) is 4.13. The van der Waals surface area contributed by atoms with Crippen molar-refractivity contribution in [1.29, 1.82) is 0 Å². The van der Waals surface area contributed by atoms with E-state index < -0.39 is 10.0 Å². The summed E-state index contributed by atoms with van der Waals surface area (Å²) in [6, 6.07) is 15.2. The molecule has 1 amide bonds. The lowest BCUT2D eigenvalue weighted by Crippen LogP contribution is -2.26. The van der Waals surface area contributed by atoms with Crippen molar-refractivity contribution >= 4 is 27.3 Å². The van der Waals surface area contributed by atoms with E-state index in [1.807, 2.05) is 13.0 Å². The average molecular weight is 375 g/mol. The fraction of sp³-hybridized carbons (Fsp3) is 0.350. The van der Waals surface area contributed by atoms with E-state index >= 15 is 0 Å². The first-order valence-electron chi connectivity index (χ1n) is 8.78. The number of anilines is 2. The second-order valence-electron chi connectivity index (χ2n) is 6.48. The Morgan fingerprint density at radius 2 is 1.81 bits per heavy atom. The van der Waals surface area contributed by atoms with Crippen molar-refractivity contribution in [3.05, 3.63) is 54.6 Å². The minimum atomic E-state index is -3.70. The van der Waals surface area contributed by atoms with E-state index in [2.05, 4.69) is 12.2 Å². The van der Waals surface area contributed by atoms with Gasteiger partial charge in [0.2, 0.25) is 5.91 Å². The van der Waals surface area contributed by atoms with Crippen LogP contribution in [0.3, 0.4) is 0 Å². The van der Waals surface area contributed by atoms with Crippen molar-refractivity contribution in [1.82, 2.24) is 0 Å². The lowest BCUT2D eigenvalue weighted by Gasteiger charge is -2.20. The van der Waals surface area contributed by atoms with Gasteiger partial charge >= 0.3 is 0 Å². The van der Waals surface area contributed by atoms with Gasteiger partial charge < -0.3 is 5.32 Å². The number of nitrogens with zero attached hydrogens (tertiary/aromatic N) is 1. The highest BCUT2D eigenvalue weighted by Crippen LogP contribution is 2.24. The Kier molecular flexibility index (Phi) is 6.80. The smallest absolute Gasteiger partial charge is 0.264 e. The molecule has 2 rings (SSSR count). The SMILES string of the molecule is CCCC(C)CC(=O)Nc1cccc(S(=O)(=O)N(C)c2ccccc2)c1. The van der Waals surface area contributed by atoms with Crippen LogP contribution in [-0.4, -0.2) is 21.4 Å². The third-order valence-electron chi connectivity index (χ3n) is 4.21. The Morgan fingerprint density at radius 3 is 2.46 bits per heavy atom. The summed E-state index contributed by atoms with van der Waals surface area (Å²) in [4.78, 5) is 12.3. The lowest BCUT2D eigenvalue weighted by molar-refractivity contribution is -0.117. The Bertz CT molecular complexity index is 835. The standard InChI is InChI=1S/C20H26N2O3S/c1-4-9-16(2)14-20(23)21-17-10-8-13-19(15-17)26(24,25)22(3)18-11-6-5-7-12-18/h5-8,10-13,15-16H,4,9,14H2,1-3H3,(H,21,23). The van der Waals surface area contributed by atoms with Gasteiger partial charge in [0, 0.05) is 19.2 Å². The van der Waals surface area contributed by atoms with Gasteiger partial charge in [0.1, 0.15) is 0 Å². The van der Waals surface area contributed by atoms with Crippen LogP contribution in [0.2, 0.25) is 0 Å². The molecular formula is C20H26N2O3S.